The molecule has 2 aliphatic rings. The van der Waals surface area contributed by atoms with E-state index >= 15 is 0 Å². The molecule has 1 heterocycles. The van der Waals surface area contributed by atoms with E-state index < -0.39 is 0 Å². The molecule has 0 saturated heterocycles. The van der Waals surface area contributed by atoms with Crippen molar-refractivity contribution in [2.75, 3.05) is 20.3 Å². The van der Waals surface area contributed by atoms with E-state index in [9.17, 15) is 9.59 Å². The second-order valence-electron chi connectivity index (χ2n) is 9.87. The Morgan fingerprint density at radius 1 is 1.03 bits per heavy atom. The molecule has 0 aliphatic heterocycles. The van der Waals surface area contributed by atoms with E-state index in [-0.39, 0.29) is 18.4 Å². The van der Waals surface area contributed by atoms with Crippen LogP contribution in [0.4, 0.5) is 0 Å². The average Bonchev–Trinajstić information content (AvgIpc) is 3.21. The van der Waals surface area contributed by atoms with Crippen molar-refractivity contribution in [3.8, 4) is 0 Å². The maximum Gasteiger partial charge on any atom is 0.245 e. The van der Waals surface area contributed by atoms with Crippen molar-refractivity contribution in [2.45, 2.75) is 95.7 Å². The van der Waals surface area contributed by atoms with Crippen molar-refractivity contribution in [3.63, 3.8) is 0 Å². The molecule has 0 radical (unpaired) electrons. The number of hydrogen-bond acceptors (Lipinski definition) is 4. The molecule has 34 heavy (non-hydrogen) atoms. The van der Waals surface area contributed by atoms with Gasteiger partial charge < -0.3 is 19.5 Å². The predicted octanol–water partition coefficient (Wildman–Crippen LogP) is 4.23. The Hall–Kier alpha value is -2.41. The molecule has 2 aromatic rings. The first kappa shape index (κ1) is 24.7. The van der Waals surface area contributed by atoms with Gasteiger partial charge in [-0.15, -0.1) is 0 Å². The third-order valence-corrected chi connectivity index (χ3v) is 7.43. The number of methoxy groups -OCH3 is 1. The first-order valence-electron chi connectivity index (χ1n) is 13.2. The van der Waals surface area contributed by atoms with Gasteiger partial charge in [0.25, 0.3) is 0 Å². The van der Waals surface area contributed by atoms with E-state index in [1.807, 2.05) is 18.2 Å². The topological polar surface area (TPSA) is 76.5 Å². The van der Waals surface area contributed by atoms with E-state index in [0.717, 1.165) is 49.0 Å². The van der Waals surface area contributed by atoms with Gasteiger partial charge in [-0.2, -0.15) is 0 Å². The first-order chi connectivity index (χ1) is 16.7. The molecule has 4 rings (SSSR count). The highest BCUT2D eigenvalue weighted by Gasteiger charge is 2.32. The van der Waals surface area contributed by atoms with Gasteiger partial charge in [-0.1, -0.05) is 50.7 Å². The van der Waals surface area contributed by atoms with Crippen molar-refractivity contribution in [1.29, 1.82) is 0 Å². The van der Waals surface area contributed by atoms with Crippen LogP contribution < -0.4 is 5.32 Å². The number of carbonyl (C=O) groups excluding carboxylic acids is 2. The van der Waals surface area contributed by atoms with Crippen LogP contribution in [0.2, 0.25) is 0 Å². The van der Waals surface area contributed by atoms with Crippen molar-refractivity contribution in [2.24, 2.45) is 0 Å². The summed E-state index contributed by atoms with van der Waals surface area (Å²) < 4.78 is 6.99. The Morgan fingerprint density at radius 2 is 1.68 bits per heavy atom. The van der Waals surface area contributed by atoms with Gasteiger partial charge in [-0.05, 0) is 44.2 Å². The molecule has 2 amide bonds. The Balaban J connectivity index is 1.50. The number of benzene rings is 1. The van der Waals surface area contributed by atoms with Gasteiger partial charge >= 0.3 is 0 Å². The number of aromatic nitrogens is 2. The number of hydrogen-bond donors (Lipinski definition) is 1. The van der Waals surface area contributed by atoms with Crippen LogP contribution in [0, 0.1) is 0 Å². The summed E-state index contributed by atoms with van der Waals surface area (Å²) in [5, 5.41) is 2.88. The van der Waals surface area contributed by atoms with Crippen LogP contribution in [0.5, 0.6) is 0 Å². The molecule has 0 bridgehead atoms. The van der Waals surface area contributed by atoms with Crippen molar-refractivity contribution in [1.82, 2.24) is 19.8 Å². The zero-order valence-corrected chi connectivity index (χ0v) is 20.6. The van der Waals surface area contributed by atoms with Gasteiger partial charge in [-0.3, -0.25) is 9.59 Å². The zero-order valence-electron chi connectivity index (χ0n) is 20.6. The number of nitrogens with zero attached hydrogens (tertiary/aromatic N) is 3. The molecule has 7 nitrogen and oxygen atoms in total. The zero-order chi connectivity index (χ0) is 23.8. The van der Waals surface area contributed by atoms with Crippen LogP contribution in [0.3, 0.4) is 0 Å². The fraction of sp³-hybridized carbons (Fsp3) is 0.667. The summed E-state index contributed by atoms with van der Waals surface area (Å²) in [6.45, 7) is 0.986. The highest BCUT2D eigenvalue weighted by Crippen LogP contribution is 2.31. The van der Waals surface area contributed by atoms with Crippen molar-refractivity contribution < 1.29 is 14.3 Å². The van der Waals surface area contributed by atoms with E-state index in [0.29, 0.717) is 31.6 Å². The van der Waals surface area contributed by atoms with E-state index in [1.54, 1.807) is 0 Å². The number of nitrogens with one attached hydrogen (secondary N) is 1. The minimum absolute atomic E-state index is 0.0746. The number of fused-ring (bicyclic) bond motifs is 1. The summed E-state index contributed by atoms with van der Waals surface area (Å²) in [5.74, 6) is 1.06. The number of aryl methyl sites for hydroxylation is 1. The minimum atomic E-state index is -0.109. The molecular formula is C27H40N4O3. The normalized spacial score (nSPS) is 17.7. The fourth-order valence-electron chi connectivity index (χ4n) is 5.79. The SMILES string of the molecule is COCC(=O)NCCCc1nc2ccccc2n1CC(=O)N(C1CCCCC1)C1CCCCC1. The van der Waals surface area contributed by atoms with Crippen LogP contribution in [0.1, 0.15) is 76.5 Å². The lowest BCUT2D eigenvalue weighted by atomic mass is 9.88. The third kappa shape index (κ3) is 6.17. The Kier molecular flexibility index (Phi) is 8.97. The molecular weight excluding hydrogens is 428 g/mol. The summed E-state index contributed by atoms with van der Waals surface area (Å²) in [6.07, 6.45) is 13.5. The summed E-state index contributed by atoms with van der Waals surface area (Å²) in [5.41, 5.74) is 1.94. The minimum Gasteiger partial charge on any atom is -0.375 e. The molecule has 1 aromatic carbocycles. The lowest BCUT2D eigenvalue weighted by Gasteiger charge is -2.42. The summed E-state index contributed by atoms with van der Waals surface area (Å²) >= 11 is 0. The molecule has 2 saturated carbocycles. The van der Waals surface area contributed by atoms with Crippen LogP contribution >= 0.6 is 0 Å². The third-order valence-electron chi connectivity index (χ3n) is 7.43. The van der Waals surface area contributed by atoms with Crippen LogP contribution in [-0.2, 0) is 27.3 Å². The van der Waals surface area contributed by atoms with E-state index in [4.69, 9.17) is 9.72 Å². The Morgan fingerprint density at radius 3 is 2.32 bits per heavy atom. The first-order valence-corrected chi connectivity index (χ1v) is 13.2. The smallest absolute Gasteiger partial charge is 0.245 e. The van der Waals surface area contributed by atoms with Crippen LogP contribution in [0.15, 0.2) is 24.3 Å². The highest BCUT2D eigenvalue weighted by atomic mass is 16.5. The predicted molar refractivity (Wildman–Crippen MR) is 134 cm³/mol. The highest BCUT2D eigenvalue weighted by molar-refractivity contribution is 5.81. The molecule has 1 N–H and O–H groups in total. The molecule has 186 valence electrons. The number of para-hydroxylation sites is 2. The fourth-order valence-corrected chi connectivity index (χ4v) is 5.79. The lowest BCUT2D eigenvalue weighted by molar-refractivity contribution is -0.138. The van der Waals surface area contributed by atoms with Crippen molar-refractivity contribution >= 4 is 22.8 Å². The van der Waals surface area contributed by atoms with Gasteiger partial charge in [0, 0.05) is 32.2 Å². The average molecular weight is 469 g/mol. The number of carbonyl (C=O) groups is 2. The Labute approximate surface area is 203 Å². The largest absolute Gasteiger partial charge is 0.375 e. The van der Waals surface area contributed by atoms with Gasteiger partial charge in [0.1, 0.15) is 19.0 Å². The molecule has 2 aliphatic carbocycles. The van der Waals surface area contributed by atoms with Crippen molar-refractivity contribution in [3.05, 3.63) is 30.1 Å². The maximum atomic E-state index is 13.9. The lowest BCUT2D eigenvalue weighted by Crippen LogP contribution is -2.50. The monoisotopic (exact) mass is 468 g/mol. The standard InChI is InChI=1S/C27H40N4O3/c1-34-20-26(32)28-18-10-17-25-29-23-15-8-9-16-24(23)30(25)19-27(33)31(21-11-4-2-5-12-21)22-13-6-3-7-14-22/h8-9,15-16,21-22H,2-7,10-14,17-20H2,1H3,(H,28,32). The number of rotatable bonds is 10. The molecule has 0 atom stereocenters. The summed E-state index contributed by atoms with van der Waals surface area (Å²) in [6, 6.07) is 8.86. The van der Waals surface area contributed by atoms with Crippen LogP contribution in [-0.4, -0.2) is 58.6 Å². The number of amides is 2. The molecule has 0 spiro atoms. The van der Waals surface area contributed by atoms with E-state index in [1.165, 1.54) is 45.6 Å². The molecule has 0 unspecified atom stereocenters. The van der Waals surface area contributed by atoms with E-state index in [2.05, 4.69) is 20.9 Å². The van der Waals surface area contributed by atoms with Gasteiger partial charge in [0.05, 0.1) is 11.0 Å². The second-order valence-corrected chi connectivity index (χ2v) is 9.87. The number of imidazole rings is 1. The Bertz CT molecular complexity index is 926. The van der Waals surface area contributed by atoms with Gasteiger partial charge in [0.2, 0.25) is 11.8 Å². The summed E-state index contributed by atoms with van der Waals surface area (Å²) in [7, 11) is 1.52. The van der Waals surface area contributed by atoms with Gasteiger partial charge in [-0.25, -0.2) is 4.98 Å². The number of ether oxygens (including phenoxy) is 1. The molecule has 2 fully saturated rings. The van der Waals surface area contributed by atoms with Gasteiger partial charge in [0.15, 0.2) is 0 Å². The molecule has 7 heteroatoms. The maximum absolute atomic E-state index is 13.9. The quantitative estimate of drug-likeness (QED) is 0.530. The van der Waals surface area contributed by atoms with Crippen LogP contribution in [0.25, 0.3) is 11.0 Å². The summed E-state index contributed by atoms with van der Waals surface area (Å²) in [4.78, 5) is 32.7. The second kappa shape index (κ2) is 12.3. The molecule has 1 aromatic heterocycles.